The van der Waals surface area contributed by atoms with E-state index in [4.69, 9.17) is 8.83 Å². The SMILES string of the molecule is CC1(C)c2cc(-c3ccc4oc5ccc(-c6ccccc6)cc5c4c3)ccc2-c2cc3c(cc21)C(C)(C)c1cc(-c2ccc4oc5ccc(-c6ccccc6)cc5c4c2)ccc1-3. The van der Waals surface area contributed by atoms with Crippen LogP contribution in [0.25, 0.3) is 111 Å². The fourth-order valence-corrected chi connectivity index (χ4v) is 10.9. The van der Waals surface area contributed by atoms with Crippen molar-refractivity contribution in [1.29, 1.82) is 0 Å². The molecule has 0 N–H and O–H groups in total. The summed E-state index contributed by atoms with van der Waals surface area (Å²) in [4.78, 5) is 0. The van der Waals surface area contributed by atoms with Gasteiger partial charge in [0.25, 0.3) is 0 Å². The first kappa shape index (κ1) is 35.3. The monoisotopic (exact) mass is 794 g/mol. The Morgan fingerprint density at radius 1 is 0.258 bits per heavy atom. The molecule has 0 spiro atoms. The van der Waals surface area contributed by atoms with Crippen molar-refractivity contribution in [3.05, 3.63) is 204 Å². The van der Waals surface area contributed by atoms with Gasteiger partial charge in [-0.25, -0.2) is 0 Å². The average molecular weight is 795 g/mol. The molecule has 0 amide bonds. The molecule has 294 valence electrons. The Bertz CT molecular complexity index is 3430. The van der Waals surface area contributed by atoms with Crippen LogP contribution >= 0.6 is 0 Å². The molecule has 2 nitrogen and oxygen atoms in total. The molecule has 0 saturated carbocycles. The van der Waals surface area contributed by atoms with Crippen LogP contribution in [0.3, 0.4) is 0 Å². The van der Waals surface area contributed by atoms with E-state index in [0.717, 1.165) is 43.9 Å². The second kappa shape index (κ2) is 12.6. The first-order valence-electron chi connectivity index (χ1n) is 21.7. The molecule has 0 fully saturated rings. The van der Waals surface area contributed by atoms with Gasteiger partial charge < -0.3 is 8.83 Å². The number of rotatable bonds is 4. The van der Waals surface area contributed by atoms with Gasteiger partial charge in [-0.1, -0.05) is 143 Å². The van der Waals surface area contributed by atoms with Gasteiger partial charge in [0.2, 0.25) is 0 Å². The predicted octanol–water partition coefficient (Wildman–Crippen LogP) is 16.8. The molecule has 2 heterocycles. The smallest absolute Gasteiger partial charge is 0.135 e. The van der Waals surface area contributed by atoms with Gasteiger partial charge in [-0.05, 0) is 156 Å². The molecule has 0 saturated heterocycles. The summed E-state index contributed by atoms with van der Waals surface area (Å²) >= 11 is 0. The minimum Gasteiger partial charge on any atom is -0.456 e. The zero-order chi connectivity index (χ0) is 41.5. The van der Waals surface area contributed by atoms with E-state index in [1.54, 1.807) is 0 Å². The van der Waals surface area contributed by atoms with Crippen molar-refractivity contribution in [2.24, 2.45) is 0 Å². The quantitative estimate of drug-likeness (QED) is 0.177. The van der Waals surface area contributed by atoms with Gasteiger partial charge in [0.15, 0.2) is 0 Å². The van der Waals surface area contributed by atoms with Crippen LogP contribution in [0.1, 0.15) is 49.9 Å². The molecular weight excluding hydrogens is 753 g/mol. The molecule has 0 atom stereocenters. The summed E-state index contributed by atoms with van der Waals surface area (Å²) in [6.07, 6.45) is 0. The molecule has 2 aliphatic rings. The number of benzene rings is 9. The predicted molar refractivity (Wildman–Crippen MR) is 258 cm³/mol. The number of furan rings is 2. The van der Waals surface area contributed by atoms with Crippen LogP contribution in [0.4, 0.5) is 0 Å². The molecule has 2 aliphatic carbocycles. The summed E-state index contributed by atoms with van der Waals surface area (Å²) in [7, 11) is 0. The van der Waals surface area contributed by atoms with E-state index < -0.39 is 0 Å². The standard InChI is InChI=1S/C60H42O2/c1-59(2)51-31-41(39-19-25-57-49(29-39)47-27-37(17-23-55(47)61-57)35-11-7-5-8-12-35)15-21-43(51)45-33-46-44-22-16-42(32-52(44)60(3,4)54(46)34-53(45)59)40-20-26-58-50(30-40)48-28-38(18-24-56(48)62-58)36-13-9-6-10-14-36/h5-34H,1-4H3. The van der Waals surface area contributed by atoms with E-state index in [0.29, 0.717) is 0 Å². The average Bonchev–Trinajstić information content (AvgIpc) is 4.00. The lowest BCUT2D eigenvalue weighted by Gasteiger charge is -2.26. The van der Waals surface area contributed by atoms with E-state index in [-0.39, 0.29) is 10.8 Å². The Hall–Kier alpha value is -7.42. The van der Waals surface area contributed by atoms with Gasteiger partial charge in [-0.2, -0.15) is 0 Å². The van der Waals surface area contributed by atoms with Crippen LogP contribution in [0.2, 0.25) is 0 Å². The van der Waals surface area contributed by atoms with Crippen LogP contribution < -0.4 is 0 Å². The fourth-order valence-electron chi connectivity index (χ4n) is 10.9. The largest absolute Gasteiger partial charge is 0.456 e. The van der Waals surface area contributed by atoms with Crippen molar-refractivity contribution in [2.75, 3.05) is 0 Å². The molecule has 2 heteroatoms. The maximum absolute atomic E-state index is 6.33. The molecule has 0 unspecified atom stereocenters. The lowest BCUT2D eigenvalue weighted by atomic mass is 9.77. The Morgan fingerprint density at radius 2 is 0.565 bits per heavy atom. The van der Waals surface area contributed by atoms with E-state index >= 15 is 0 Å². The summed E-state index contributed by atoms with van der Waals surface area (Å²) in [5.74, 6) is 0. The van der Waals surface area contributed by atoms with Crippen LogP contribution in [0, 0.1) is 0 Å². The third-order valence-corrected chi connectivity index (χ3v) is 14.3. The Kier molecular flexibility index (Phi) is 7.16. The van der Waals surface area contributed by atoms with E-state index in [2.05, 4.69) is 210 Å². The highest BCUT2D eigenvalue weighted by atomic mass is 16.3. The van der Waals surface area contributed by atoms with Crippen molar-refractivity contribution < 1.29 is 8.83 Å². The van der Waals surface area contributed by atoms with Gasteiger partial charge in [-0.3, -0.25) is 0 Å². The fraction of sp³-hybridized carbons (Fsp3) is 0.100. The van der Waals surface area contributed by atoms with Crippen LogP contribution in [0.15, 0.2) is 191 Å². The molecule has 2 aromatic heterocycles. The highest BCUT2D eigenvalue weighted by Crippen LogP contribution is 2.57. The van der Waals surface area contributed by atoms with Gasteiger partial charge in [0, 0.05) is 32.4 Å². The van der Waals surface area contributed by atoms with E-state index in [1.807, 2.05) is 0 Å². The summed E-state index contributed by atoms with van der Waals surface area (Å²) in [6, 6.07) is 66.7. The summed E-state index contributed by atoms with van der Waals surface area (Å²) < 4.78 is 12.7. The topological polar surface area (TPSA) is 26.3 Å². The molecule has 62 heavy (non-hydrogen) atoms. The van der Waals surface area contributed by atoms with Crippen LogP contribution in [0.5, 0.6) is 0 Å². The molecule has 0 aliphatic heterocycles. The highest BCUT2D eigenvalue weighted by molar-refractivity contribution is 6.09. The van der Waals surface area contributed by atoms with Crippen molar-refractivity contribution in [1.82, 2.24) is 0 Å². The Labute approximate surface area is 360 Å². The molecule has 13 rings (SSSR count). The number of hydrogen-bond acceptors (Lipinski definition) is 2. The summed E-state index contributed by atoms with van der Waals surface area (Å²) in [6.45, 7) is 9.60. The second-order valence-corrected chi connectivity index (χ2v) is 18.5. The Balaban J connectivity index is 0.868. The van der Waals surface area contributed by atoms with Crippen molar-refractivity contribution in [3.63, 3.8) is 0 Å². The van der Waals surface area contributed by atoms with E-state index in [1.165, 1.54) is 89.0 Å². The van der Waals surface area contributed by atoms with Gasteiger partial charge in [0.05, 0.1) is 0 Å². The highest BCUT2D eigenvalue weighted by Gasteiger charge is 2.42. The first-order chi connectivity index (χ1) is 30.2. The van der Waals surface area contributed by atoms with Gasteiger partial charge >= 0.3 is 0 Å². The van der Waals surface area contributed by atoms with Crippen molar-refractivity contribution in [3.8, 4) is 66.8 Å². The van der Waals surface area contributed by atoms with Crippen LogP contribution in [-0.4, -0.2) is 0 Å². The summed E-state index contributed by atoms with van der Waals surface area (Å²) in [5.41, 5.74) is 23.9. The minimum atomic E-state index is -0.161. The molecule has 9 aromatic carbocycles. The van der Waals surface area contributed by atoms with E-state index in [9.17, 15) is 0 Å². The first-order valence-corrected chi connectivity index (χ1v) is 21.7. The molecule has 0 radical (unpaired) electrons. The van der Waals surface area contributed by atoms with Crippen molar-refractivity contribution in [2.45, 2.75) is 38.5 Å². The van der Waals surface area contributed by atoms with Crippen LogP contribution in [-0.2, 0) is 10.8 Å². The van der Waals surface area contributed by atoms with Crippen molar-refractivity contribution >= 4 is 43.9 Å². The maximum Gasteiger partial charge on any atom is 0.135 e. The zero-order valence-corrected chi connectivity index (χ0v) is 35.1. The summed E-state index contributed by atoms with van der Waals surface area (Å²) in [5, 5.41) is 4.58. The number of hydrogen-bond donors (Lipinski definition) is 0. The Morgan fingerprint density at radius 3 is 0.935 bits per heavy atom. The minimum absolute atomic E-state index is 0.161. The van der Waals surface area contributed by atoms with Gasteiger partial charge in [-0.15, -0.1) is 0 Å². The second-order valence-electron chi connectivity index (χ2n) is 18.5. The molecule has 11 aromatic rings. The maximum atomic E-state index is 6.33. The third kappa shape index (κ3) is 5.04. The molecular formula is C60H42O2. The molecule has 0 bridgehead atoms. The lowest BCUT2D eigenvalue weighted by molar-refractivity contribution is 0.639. The zero-order valence-electron chi connectivity index (χ0n) is 35.1. The van der Waals surface area contributed by atoms with Gasteiger partial charge in [0.1, 0.15) is 22.3 Å². The third-order valence-electron chi connectivity index (χ3n) is 14.3. The normalized spacial score (nSPS) is 14.4. The lowest BCUT2D eigenvalue weighted by Crippen LogP contribution is -2.19. The number of fused-ring (bicyclic) bond motifs is 12.